The van der Waals surface area contributed by atoms with E-state index in [0.29, 0.717) is 50.9 Å². The Labute approximate surface area is 244 Å². The number of nitrogens with zero attached hydrogens (tertiary/aromatic N) is 4. The lowest BCUT2D eigenvalue weighted by Crippen LogP contribution is -2.54. The number of aryl methyl sites for hydroxylation is 1. The number of benzene rings is 1. The van der Waals surface area contributed by atoms with Gasteiger partial charge in [0.15, 0.2) is 0 Å². The number of unbranched alkanes of at least 4 members (excludes halogenated alkanes) is 1. The average Bonchev–Trinajstić information content (AvgIpc) is 3.68. The minimum absolute atomic E-state index is 0.143. The average molecular weight is 597 g/mol. The van der Waals surface area contributed by atoms with E-state index in [1.807, 2.05) is 0 Å². The molecule has 1 aromatic carbocycles. The van der Waals surface area contributed by atoms with Crippen LogP contribution < -0.4 is 5.69 Å². The van der Waals surface area contributed by atoms with Crippen molar-refractivity contribution in [2.24, 2.45) is 0 Å². The first-order valence-electron chi connectivity index (χ1n) is 14.8. The van der Waals surface area contributed by atoms with Gasteiger partial charge in [-0.05, 0) is 85.3 Å². The van der Waals surface area contributed by atoms with Crippen molar-refractivity contribution in [3.8, 4) is 0 Å². The fourth-order valence-corrected chi connectivity index (χ4v) is 5.79. The lowest BCUT2D eigenvalue weighted by Gasteiger charge is -2.41. The highest BCUT2D eigenvalue weighted by Gasteiger charge is 2.41. The number of piperidine rings is 1. The topological polar surface area (TPSA) is 86.0 Å². The van der Waals surface area contributed by atoms with Crippen LogP contribution in [0, 0.1) is 0 Å². The molecule has 0 spiro atoms. The first kappa shape index (κ1) is 31.9. The van der Waals surface area contributed by atoms with Gasteiger partial charge in [-0.3, -0.25) is 13.9 Å². The molecule has 2 aromatic rings. The third kappa shape index (κ3) is 6.95. The highest BCUT2D eigenvalue weighted by molar-refractivity contribution is 6.00. The summed E-state index contributed by atoms with van der Waals surface area (Å²) in [5, 5.41) is 0. The number of likely N-dealkylation sites (tertiary alicyclic amines) is 1. The number of halogens is 3. The van der Waals surface area contributed by atoms with E-state index < -0.39 is 47.0 Å². The van der Waals surface area contributed by atoms with E-state index in [9.17, 15) is 27.6 Å². The summed E-state index contributed by atoms with van der Waals surface area (Å²) in [6, 6.07) is 1.14. The lowest BCUT2D eigenvalue weighted by atomic mass is 9.98. The number of ether oxygens (including phenoxy) is 2. The number of carbonyl (C=O) groups excluding carboxylic acids is 2. The van der Waals surface area contributed by atoms with E-state index in [4.69, 9.17) is 9.47 Å². The Balaban J connectivity index is 1.76. The Morgan fingerprint density at radius 2 is 1.76 bits per heavy atom. The summed E-state index contributed by atoms with van der Waals surface area (Å²) in [6.07, 6.45) is -1.48. The van der Waals surface area contributed by atoms with Crippen LogP contribution >= 0.6 is 0 Å². The van der Waals surface area contributed by atoms with Crippen molar-refractivity contribution in [1.82, 2.24) is 18.9 Å². The van der Waals surface area contributed by atoms with Crippen molar-refractivity contribution >= 4 is 23.0 Å². The largest absolute Gasteiger partial charge is 0.444 e. The first-order chi connectivity index (χ1) is 19.6. The molecule has 0 bridgehead atoms. The first-order valence-corrected chi connectivity index (χ1v) is 14.8. The molecule has 9 nitrogen and oxygen atoms in total. The zero-order valence-electron chi connectivity index (χ0n) is 25.4. The number of amides is 2. The maximum atomic E-state index is 14.6. The van der Waals surface area contributed by atoms with Crippen molar-refractivity contribution < 1.29 is 32.2 Å². The van der Waals surface area contributed by atoms with Crippen LogP contribution in [0.25, 0.3) is 11.0 Å². The fraction of sp³-hybridized carbons (Fsp3) is 0.700. The Morgan fingerprint density at radius 1 is 1.07 bits per heavy atom. The molecule has 0 unspecified atom stereocenters. The fourth-order valence-electron chi connectivity index (χ4n) is 5.79. The zero-order chi connectivity index (χ0) is 31.0. The minimum Gasteiger partial charge on any atom is -0.444 e. The summed E-state index contributed by atoms with van der Waals surface area (Å²) >= 11 is 0. The third-order valence-electron chi connectivity index (χ3n) is 7.76. The zero-order valence-corrected chi connectivity index (χ0v) is 25.4. The van der Waals surface area contributed by atoms with Gasteiger partial charge in [-0.1, -0.05) is 0 Å². The van der Waals surface area contributed by atoms with E-state index in [2.05, 4.69) is 0 Å². The van der Waals surface area contributed by atoms with Crippen LogP contribution in [-0.4, -0.2) is 75.4 Å². The molecular formula is C30H43F3N4O5. The number of methoxy groups -OCH3 is 1. The number of hydrogen-bond donors (Lipinski definition) is 0. The monoisotopic (exact) mass is 596 g/mol. The predicted octanol–water partition coefficient (Wildman–Crippen LogP) is 5.83. The van der Waals surface area contributed by atoms with Crippen molar-refractivity contribution in [3.63, 3.8) is 0 Å². The van der Waals surface area contributed by atoms with Crippen LogP contribution in [0.3, 0.4) is 0 Å². The van der Waals surface area contributed by atoms with Crippen LogP contribution in [0.4, 0.5) is 18.0 Å². The second kappa shape index (κ2) is 12.3. The second-order valence-corrected chi connectivity index (χ2v) is 12.6. The molecule has 2 fully saturated rings. The number of rotatable bonds is 9. The summed E-state index contributed by atoms with van der Waals surface area (Å²) in [7, 11) is 1.58. The van der Waals surface area contributed by atoms with Crippen LogP contribution in [0.5, 0.6) is 0 Å². The van der Waals surface area contributed by atoms with Crippen LogP contribution in [0.15, 0.2) is 16.9 Å². The van der Waals surface area contributed by atoms with Gasteiger partial charge in [0.05, 0.1) is 28.2 Å². The van der Waals surface area contributed by atoms with E-state index >= 15 is 0 Å². The maximum absolute atomic E-state index is 14.6. The molecule has 234 valence electrons. The SMILES string of the molecule is COCCCCn1c(=O)n(C2CC2)c2cc(C(F)(F)F)c(C(=O)N(C(C)C)[C@@H]3CCCN(C(=O)OC(C)(C)C)C3)cc21. The molecule has 2 amide bonds. The van der Waals surface area contributed by atoms with Crippen molar-refractivity contribution in [3.05, 3.63) is 33.7 Å². The van der Waals surface area contributed by atoms with Gasteiger partial charge in [0.2, 0.25) is 0 Å². The van der Waals surface area contributed by atoms with Crippen molar-refractivity contribution in [2.45, 2.75) is 110 Å². The number of alkyl halides is 3. The van der Waals surface area contributed by atoms with Gasteiger partial charge in [0, 0.05) is 45.4 Å². The Morgan fingerprint density at radius 3 is 2.33 bits per heavy atom. The molecule has 2 heterocycles. The molecule has 1 aliphatic heterocycles. The van der Waals surface area contributed by atoms with E-state index in [1.165, 1.54) is 25.0 Å². The molecule has 2 aliphatic rings. The van der Waals surface area contributed by atoms with Gasteiger partial charge >= 0.3 is 18.0 Å². The van der Waals surface area contributed by atoms with Crippen LogP contribution in [-0.2, 0) is 22.2 Å². The molecule has 42 heavy (non-hydrogen) atoms. The minimum atomic E-state index is -4.82. The lowest BCUT2D eigenvalue weighted by molar-refractivity contribution is -0.138. The maximum Gasteiger partial charge on any atom is 0.417 e. The molecule has 1 aliphatic carbocycles. The Bertz CT molecular complexity index is 1350. The summed E-state index contributed by atoms with van der Waals surface area (Å²) in [5.74, 6) is -0.771. The molecule has 1 aromatic heterocycles. The molecule has 0 N–H and O–H groups in total. The third-order valence-corrected chi connectivity index (χ3v) is 7.76. The molecule has 12 heteroatoms. The Kier molecular flexibility index (Phi) is 9.34. The quantitative estimate of drug-likeness (QED) is 0.340. The molecular weight excluding hydrogens is 553 g/mol. The van der Waals surface area contributed by atoms with Gasteiger partial charge in [-0.2, -0.15) is 13.2 Å². The molecule has 1 atom stereocenters. The number of imidazole rings is 1. The highest BCUT2D eigenvalue weighted by atomic mass is 19.4. The van der Waals surface area contributed by atoms with E-state index in [0.717, 1.165) is 18.9 Å². The molecule has 0 radical (unpaired) electrons. The standard InChI is InChI=1S/C30H43F3N4O5/c1-19(2)36(21-10-9-13-34(18-21)28(40)42-29(3,4)5)26(38)22-16-24-25(17-23(22)30(31,32)33)37(20-11-12-20)27(39)35(24)14-7-8-15-41-6/h16-17,19-21H,7-15,18H2,1-6H3/t21-/m1/s1. The molecule has 1 saturated carbocycles. The van der Waals surface area contributed by atoms with Crippen LogP contribution in [0.2, 0.25) is 0 Å². The predicted molar refractivity (Wildman–Crippen MR) is 153 cm³/mol. The Hall–Kier alpha value is -3.02. The van der Waals surface area contributed by atoms with Crippen LogP contribution in [0.1, 0.15) is 95.1 Å². The van der Waals surface area contributed by atoms with E-state index in [-0.39, 0.29) is 23.8 Å². The number of hydrogen-bond acceptors (Lipinski definition) is 5. The molecule has 1 saturated heterocycles. The number of fused-ring (bicyclic) bond motifs is 1. The second-order valence-electron chi connectivity index (χ2n) is 12.6. The van der Waals surface area contributed by atoms with Gasteiger partial charge < -0.3 is 19.3 Å². The van der Waals surface area contributed by atoms with Gasteiger partial charge in [-0.15, -0.1) is 0 Å². The smallest absolute Gasteiger partial charge is 0.417 e. The normalized spacial score (nSPS) is 18.1. The van der Waals surface area contributed by atoms with E-state index in [1.54, 1.807) is 41.7 Å². The summed E-state index contributed by atoms with van der Waals surface area (Å²) < 4.78 is 57.3. The van der Waals surface area contributed by atoms with Crippen molar-refractivity contribution in [2.75, 3.05) is 26.8 Å². The van der Waals surface area contributed by atoms with Gasteiger partial charge in [-0.25, -0.2) is 9.59 Å². The number of aromatic nitrogens is 2. The summed E-state index contributed by atoms with van der Waals surface area (Å²) in [6.45, 7) is 10.2. The highest BCUT2D eigenvalue weighted by Crippen LogP contribution is 2.40. The summed E-state index contributed by atoms with van der Waals surface area (Å²) in [4.78, 5) is 43.3. The molecule has 4 rings (SSSR count). The summed E-state index contributed by atoms with van der Waals surface area (Å²) in [5.41, 5.74) is -2.09. The van der Waals surface area contributed by atoms with Gasteiger partial charge in [0.25, 0.3) is 5.91 Å². The van der Waals surface area contributed by atoms with Gasteiger partial charge in [0.1, 0.15) is 5.60 Å². The van der Waals surface area contributed by atoms with Crippen molar-refractivity contribution in [1.29, 1.82) is 0 Å². The number of carbonyl (C=O) groups is 2.